The Hall–Kier alpha value is -1.33. The molecule has 1 atom stereocenters. The molecule has 0 bridgehead atoms. The third-order valence-electron chi connectivity index (χ3n) is 6.81. The number of hydrogen-bond donors (Lipinski definition) is 1. The lowest BCUT2D eigenvalue weighted by Gasteiger charge is -2.38. The zero-order chi connectivity index (χ0) is 21.7. The molecule has 0 spiro atoms. The van der Waals surface area contributed by atoms with E-state index >= 15 is 0 Å². The molecular formula is C24H41NO3Si. The molecule has 4 nitrogen and oxygen atoms in total. The third-order valence-corrected chi connectivity index (χ3v) is 11.4. The minimum Gasteiger partial charge on any atom is -0.469 e. The molecule has 5 heteroatoms. The van der Waals surface area contributed by atoms with Crippen LogP contribution in [0.3, 0.4) is 0 Å². The maximum Gasteiger partial charge on any atom is 0.305 e. The molecule has 0 radical (unpaired) electrons. The minimum atomic E-state index is -1.73. The van der Waals surface area contributed by atoms with Gasteiger partial charge in [0.1, 0.15) is 0 Å². The average molecular weight is 420 g/mol. The first kappa shape index (κ1) is 23.9. The Morgan fingerprint density at radius 2 is 1.72 bits per heavy atom. The van der Waals surface area contributed by atoms with Crippen LogP contribution in [0.2, 0.25) is 18.1 Å². The van der Waals surface area contributed by atoms with Crippen molar-refractivity contribution in [3.63, 3.8) is 0 Å². The van der Waals surface area contributed by atoms with Crippen molar-refractivity contribution < 1.29 is 14.0 Å². The van der Waals surface area contributed by atoms with Gasteiger partial charge in [0.05, 0.1) is 13.2 Å². The highest BCUT2D eigenvalue weighted by atomic mass is 28.4. The first-order valence-electron chi connectivity index (χ1n) is 11.1. The van der Waals surface area contributed by atoms with Crippen LogP contribution in [0.15, 0.2) is 24.3 Å². The van der Waals surface area contributed by atoms with E-state index < -0.39 is 8.32 Å². The minimum absolute atomic E-state index is 0.0735. The Kier molecular flexibility index (Phi) is 8.35. The summed E-state index contributed by atoms with van der Waals surface area (Å²) in [7, 11) is -0.249. The fraction of sp³-hybridized carbons (Fsp3) is 0.708. The lowest BCUT2D eigenvalue weighted by Crippen LogP contribution is -2.44. The smallest absolute Gasteiger partial charge is 0.305 e. The van der Waals surface area contributed by atoms with Gasteiger partial charge in [-0.3, -0.25) is 4.79 Å². The number of rotatable bonds is 8. The van der Waals surface area contributed by atoms with Crippen molar-refractivity contribution in [1.82, 2.24) is 0 Å². The number of ether oxygens (including phenoxy) is 1. The van der Waals surface area contributed by atoms with Crippen LogP contribution >= 0.6 is 0 Å². The number of benzene rings is 1. The normalized spacial score (nSPS) is 21.5. The number of carbonyl (C=O) groups excluding carboxylic acids is 1. The zero-order valence-corrected chi connectivity index (χ0v) is 20.5. The van der Waals surface area contributed by atoms with Crippen molar-refractivity contribution in [2.75, 3.05) is 19.0 Å². The SMILES string of the molecule is COC(=O)CC1CCC(c2ccc(NC[C@@H](C)O[Si](C)(C)C(C)(C)C)cc2)CC1. The van der Waals surface area contributed by atoms with Crippen molar-refractivity contribution >= 4 is 20.0 Å². The van der Waals surface area contributed by atoms with Crippen LogP contribution in [0.5, 0.6) is 0 Å². The van der Waals surface area contributed by atoms with Gasteiger partial charge in [0.2, 0.25) is 0 Å². The molecular weight excluding hydrogens is 378 g/mol. The van der Waals surface area contributed by atoms with E-state index in [0.29, 0.717) is 18.3 Å². The topological polar surface area (TPSA) is 47.6 Å². The number of anilines is 1. The van der Waals surface area contributed by atoms with Crippen molar-refractivity contribution in [2.45, 2.75) is 90.0 Å². The molecule has 1 N–H and O–H groups in total. The molecule has 0 unspecified atom stereocenters. The molecule has 29 heavy (non-hydrogen) atoms. The lowest BCUT2D eigenvalue weighted by molar-refractivity contribution is -0.142. The zero-order valence-electron chi connectivity index (χ0n) is 19.5. The monoisotopic (exact) mass is 419 g/mol. The van der Waals surface area contributed by atoms with Crippen LogP contribution in [0.1, 0.15) is 71.3 Å². The van der Waals surface area contributed by atoms with E-state index in [1.165, 1.54) is 12.7 Å². The highest BCUT2D eigenvalue weighted by Gasteiger charge is 2.38. The van der Waals surface area contributed by atoms with Gasteiger partial charge in [-0.25, -0.2) is 0 Å². The molecule has 0 aromatic heterocycles. The second kappa shape index (κ2) is 10.1. The quantitative estimate of drug-likeness (QED) is 0.394. The molecule has 1 aromatic rings. The second-order valence-electron chi connectivity index (χ2n) is 10.2. The van der Waals surface area contributed by atoms with E-state index in [2.05, 4.69) is 70.4 Å². The van der Waals surface area contributed by atoms with E-state index in [9.17, 15) is 4.79 Å². The van der Waals surface area contributed by atoms with Gasteiger partial charge >= 0.3 is 5.97 Å². The Morgan fingerprint density at radius 3 is 2.24 bits per heavy atom. The largest absolute Gasteiger partial charge is 0.469 e. The van der Waals surface area contributed by atoms with E-state index in [-0.39, 0.29) is 17.1 Å². The number of hydrogen-bond acceptors (Lipinski definition) is 4. The van der Waals surface area contributed by atoms with Gasteiger partial charge in [-0.15, -0.1) is 0 Å². The summed E-state index contributed by atoms with van der Waals surface area (Å²) in [5.74, 6) is 1.02. The summed E-state index contributed by atoms with van der Waals surface area (Å²) in [6.45, 7) is 14.4. The van der Waals surface area contributed by atoms with Gasteiger partial charge in [0, 0.05) is 18.7 Å². The molecule has 1 fully saturated rings. The maximum atomic E-state index is 11.5. The summed E-state index contributed by atoms with van der Waals surface area (Å²) in [5, 5.41) is 3.76. The molecule has 0 heterocycles. The van der Waals surface area contributed by atoms with Gasteiger partial charge in [-0.1, -0.05) is 32.9 Å². The predicted molar refractivity (Wildman–Crippen MR) is 124 cm³/mol. The second-order valence-corrected chi connectivity index (χ2v) is 14.9. The summed E-state index contributed by atoms with van der Waals surface area (Å²) in [4.78, 5) is 11.5. The van der Waals surface area contributed by atoms with E-state index in [4.69, 9.17) is 9.16 Å². The van der Waals surface area contributed by atoms with Crippen LogP contribution in [0.4, 0.5) is 5.69 Å². The summed E-state index contributed by atoms with van der Waals surface area (Å²) >= 11 is 0. The Bertz CT molecular complexity index is 643. The van der Waals surface area contributed by atoms with Gasteiger partial charge in [0.15, 0.2) is 8.32 Å². The summed E-state index contributed by atoms with van der Waals surface area (Å²) in [6, 6.07) is 8.89. The maximum absolute atomic E-state index is 11.5. The standard InChI is InChI=1S/C24H41NO3Si/c1-18(28-29(6,7)24(2,3)4)17-25-22-14-12-21(13-15-22)20-10-8-19(9-11-20)16-23(26)27-5/h12-15,18-20,25H,8-11,16-17H2,1-7H3/t18-,19?,20?/m1/s1. The predicted octanol–water partition coefficient (Wildman–Crippen LogP) is 6.35. The fourth-order valence-electron chi connectivity index (χ4n) is 3.88. The fourth-order valence-corrected chi connectivity index (χ4v) is 5.32. The third kappa shape index (κ3) is 7.14. The molecule has 2 rings (SSSR count). The van der Waals surface area contributed by atoms with Gasteiger partial charge in [-0.2, -0.15) is 0 Å². The molecule has 1 aliphatic rings. The van der Waals surface area contributed by atoms with E-state index in [0.717, 1.165) is 37.9 Å². The van der Waals surface area contributed by atoms with E-state index in [1.807, 2.05) is 0 Å². The molecule has 1 saturated carbocycles. The number of carbonyl (C=O) groups is 1. The molecule has 164 valence electrons. The number of methoxy groups -OCH3 is 1. The number of esters is 1. The molecule has 0 amide bonds. The van der Waals surface area contributed by atoms with Crippen molar-refractivity contribution in [1.29, 1.82) is 0 Å². The first-order valence-corrected chi connectivity index (χ1v) is 14.0. The van der Waals surface area contributed by atoms with Crippen molar-refractivity contribution in [3.8, 4) is 0 Å². The van der Waals surface area contributed by atoms with Crippen LogP contribution in [-0.4, -0.2) is 34.0 Å². The summed E-state index contributed by atoms with van der Waals surface area (Å²) in [6.07, 6.45) is 5.31. The molecule has 0 aliphatic heterocycles. The number of nitrogens with one attached hydrogen (secondary N) is 1. The van der Waals surface area contributed by atoms with Crippen LogP contribution < -0.4 is 5.32 Å². The van der Waals surface area contributed by atoms with Crippen LogP contribution in [0.25, 0.3) is 0 Å². The molecule has 1 aromatic carbocycles. The Labute approximate surface area is 178 Å². The molecule has 0 saturated heterocycles. The van der Waals surface area contributed by atoms with Gasteiger partial charge in [0.25, 0.3) is 0 Å². The van der Waals surface area contributed by atoms with Crippen LogP contribution in [-0.2, 0) is 14.0 Å². The lowest BCUT2D eigenvalue weighted by atomic mass is 9.77. The van der Waals surface area contributed by atoms with Gasteiger partial charge in [-0.05, 0) is 80.3 Å². The Balaban J connectivity index is 1.80. The summed E-state index contributed by atoms with van der Waals surface area (Å²) in [5.41, 5.74) is 2.57. The first-order chi connectivity index (χ1) is 13.5. The van der Waals surface area contributed by atoms with Crippen LogP contribution in [0, 0.1) is 5.92 Å². The highest BCUT2D eigenvalue weighted by molar-refractivity contribution is 6.74. The average Bonchev–Trinajstić information content (AvgIpc) is 2.66. The van der Waals surface area contributed by atoms with Gasteiger partial charge < -0.3 is 14.5 Å². The van der Waals surface area contributed by atoms with Crippen molar-refractivity contribution in [3.05, 3.63) is 29.8 Å². The van der Waals surface area contributed by atoms with Crippen molar-refractivity contribution in [2.24, 2.45) is 5.92 Å². The van der Waals surface area contributed by atoms with E-state index in [1.54, 1.807) is 0 Å². The Morgan fingerprint density at radius 1 is 1.14 bits per heavy atom. The molecule has 1 aliphatic carbocycles. The summed E-state index contributed by atoms with van der Waals surface area (Å²) < 4.78 is 11.2. The highest BCUT2D eigenvalue weighted by Crippen LogP contribution is 2.38.